The van der Waals surface area contributed by atoms with Crippen LogP contribution in [0.3, 0.4) is 0 Å². The second-order valence-electron chi connectivity index (χ2n) is 3.43. The van der Waals surface area contributed by atoms with Crippen LogP contribution in [0.15, 0.2) is 36.9 Å². The monoisotopic (exact) mass is 232 g/mol. The van der Waals surface area contributed by atoms with E-state index < -0.39 is 11.6 Å². The third kappa shape index (κ3) is 1.45. The van der Waals surface area contributed by atoms with Crippen LogP contribution in [0.2, 0.25) is 0 Å². The van der Waals surface area contributed by atoms with Gasteiger partial charge < -0.3 is 0 Å². The van der Waals surface area contributed by atoms with Gasteiger partial charge >= 0.3 is 0 Å². The van der Waals surface area contributed by atoms with E-state index in [0.717, 1.165) is 4.68 Å². The molecule has 3 aromatic rings. The van der Waals surface area contributed by atoms with Gasteiger partial charge in [0, 0.05) is 6.20 Å². The van der Waals surface area contributed by atoms with Gasteiger partial charge in [0.2, 0.25) is 0 Å². The molecule has 0 N–H and O–H groups in total. The van der Waals surface area contributed by atoms with Crippen molar-refractivity contribution in [2.45, 2.75) is 0 Å². The van der Waals surface area contributed by atoms with Gasteiger partial charge in [-0.05, 0) is 12.1 Å². The van der Waals surface area contributed by atoms with E-state index in [1.54, 1.807) is 0 Å². The smallest absolute Gasteiger partial charge is 0.166 e. The van der Waals surface area contributed by atoms with Gasteiger partial charge in [-0.25, -0.2) is 23.4 Å². The Morgan fingerprint density at radius 3 is 2.59 bits per heavy atom. The Morgan fingerprint density at radius 1 is 1.06 bits per heavy atom. The molecule has 1 aromatic carbocycles. The van der Waals surface area contributed by atoms with Crippen molar-refractivity contribution in [1.82, 2.24) is 19.7 Å². The van der Waals surface area contributed by atoms with E-state index in [1.165, 1.54) is 36.9 Å². The number of halogens is 2. The lowest BCUT2D eigenvalue weighted by Gasteiger charge is -2.04. The summed E-state index contributed by atoms with van der Waals surface area (Å²) in [6.07, 6.45) is 4.30. The van der Waals surface area contributed by atoms with Gasteiger partial charge in [0.15, 0.2) is 17.3 Å². The summed E-state index contributed by atoms with van der Waals surface area (Å²) in [6, 6.07) is 3.65. The molecule has 84 valence electrons. The Balaban J connectivity index is 2.35. The van der Waals surface area contributed by atoms with Crippen molar-refractivity contribution in [3.63, 3.8) is 0 Å². The average Bonchev–Trinajstić information content (AvgIpc) is 2.73. The number of para-hydroxylation sites is 1. The molecule has 17 heavy (non-hydrogen) atoms. The van der Waals surface area contributed by atoms with Gasteiger partial charge in [-0.3, -0.25) is 0 Å². The van der Waals surface area contributed by atoms with Crippen molar-refractivity contribution in [1.29, 1.82) is 0 Å². The van der Waals surface area contributed by atoms with E-state index >= 15 is 0 Å². The van der Waals surface area contributed by atoms with Crippen molar-refractivity contribution in [3.8, 4) is 5.69 Å². The fourth-order valence-corrected chi connectivity index (χ4v) is 1.63. The number of hydrogen-bond acceptors (Lipinski definition) is 3. The van der Waals surface area contributed by atoms with Gasteiger partial charge in [-0.15, -0.1) is 0 Å². The molecule has 0 aliphatic heterocycles. The molecule has 2 heterocycles. The van der Waals surface area contributed by atoms with Crippen molar-refractivity contribution >= 4 is 11.0 Å². The Labute approximate surface area is 94.5 Å². The van der Waals surface area contributed by atoms with E-state index in [0.29, 0.717) is 11.0 Å². The molecule has 0 radical (unpaired) electrons. The fraction of sp³-hybridized carbons (Fsp3) is 0. The molecule has 6 heteroatoms. The van der Waals surface area contributed by atoms with Crippen molar-refractivity contribution in [2.24, 2.45) is 0 Å². The normalized spacial score (nSPS) is 10.9. The van der Waals surface area contributed by atoms with Gasteiger partial charge in [-0.1, -0.05) is 6.07 Å². The largest absolute Gasteiger partial charge is 0.244 e. The predicted octanol–water partition coefficient (Wildman–Crippen LogP) is 2.09. The molecular weight excluding hydrogens is 226 g/mol. The van der Waals surface area contributed by atoms with Crippen molar-refractivity contribution in [3.05, 3.63) is 48.6 Å². The molecule has 0 saturated heterocycles. The molecule has 0 unspecified atom stereocenters. The van der Waals surface area contributed by atoms with Crippen LogP contribution in [-0.2, 0) is 0 Å². The van der Waals surface area contributed by atoms with Crippen molar-refractivity contribution < 1.29 is 8.78 Å². The Kier molecular flexibility index (Phi) is 2.07. The second-order valence-corrected chi connectivity index (χ2v) is 3.43. The number of benzene rings is 1. The molecule has 0 bridgehead atoms. The Bertz CT molecular complexity index is 673. The second kappa shape index (κ2) is 3.58. The minimum absolute atomic E-state index is 0.235. The number of fused-ring (bicyclic) bond motifs is 1. The first-order valence-corrected chi connectivity index (χ1v) is 4.85. The molecule has 0 aliphatic carbocycles. The maximum Gasteiger partial charge on any atom is 0.166 e. The van der Waals surface area contributed by atoms with Gasteiger partial charge in [0.1, 0.15) is 12.0 Å². The summed E-state index contributed by atoms with van der Waals surface area (Å²) in [5, 5.41) is 4.54. The summed E-state index contributed by atoms with van der Waals surface area (Å²) in [6.45, 7) is 0. The first-order chi connectivity index (χ1) is 8.27. The predicted molar refractivity (Wildman–Crippen MR) is 56.6 cm³/mol. The van der Waals surface area contributed by atoms with Crippen LogP contribution >= 0.6 is 0 Å². The Hall–Kier alpha value is -2.37. The molecule has 0 aliphatic rings. The zero-order chi connectivity index (χ0) is 11.8. The summed E-state index contributed by atoms with van der Waals surface area (Å²) in [5.74, 6) is -1.37. The van der Waals surface area contributed by atoms with E-state index in [4.69, 9.17) is 0 Å². The van der Waals surface area contributed by atoms with Crippen LogP contribution in [0.25, 0.3) is 16.7 Å². The number of nitrogens with zero attached hydrogens (tertiary/aromatic N) is 4. The van der Waals surface area contributed by atoms with E-state index in [9.17, 15) is 8.78 Å². The molecule has 2 aromatic heterocycles. The highest BCUT2D eigenvalue weighted by molar-refractivity contribution is 5.74. The van der Waals surface area contributed by atoms with Crippen LogP contribution in [0, 0.1) is 11.6 Å². The maximum absolute atomic E-state index is 13.6. The molecule has 0 spiro atoms. The summed E-state index contributed by atoms with van der Waals surface area (Å²) < 4.78 is 28.3. The zero-order valence-corrected chi connectivity index (χ0v) is 8.51. The van der Waals surface area contributed by atoms with E-state index in [2.05, 4.69) is 15.1 Å². The zero-order valence-electron chi connectivity index (χ0n) is 8.51. The Morgan fingerprint density at radius 2 is 1.82 bits per heavy atom. The first kappa shape index (κ1) is 9.83. The highest BCUT2D eigenvalue weighted by atomic mass is 19.1. The maximum atomic E-state index is 13.6. The van der Waals surface area contributed by atoms with Crippen LogP contribution in [0.5, 0.6) is 0 Å². The van der Waals surface area contributed by atoms with Gasteiger partial charge in [-0.2, -0.15) is 5.10 Å². The quantitative estimate of drug-likeness (QED) is 0.645. The SMILES string of the molecule is Fc1cccc(F)c1-n1ncc2cncnc21. The number of hydrogen-bond donors (Lipinski definition) is 0. The minimum atomic E-state index is -0.686. The van der Waals surface area contributed by atoms with Crippen LogP contribution in [0.1, 0.15) is 0 Å². The van der Waals surface area contributed by atoms with E-state index in [-0.39, 0.29) is 5.69 Å². The summed E-state index contributed by atoms with van der Waals surface area (Å²) in [5.41, 5.74) is 0.130. The first-order valence-electron chi connectivity index (χ1n) is 4.85. The third-order valence-corrected chi connectivity index (χ3v) is 2.38. The topological polar surface area (TPSA) is 43.6 Å². The van der Waals surface area contributed by atoms with Crippen LogP contribution in [0.4, 0.5) is 8.78 Å². The highest BCUT2D eigenvalue weighted by Gasteiger charge is 2.14. The molecule has 0 amide bonds. The molecule has 0 atom stereocenters. The van der Waals surface area contributed by atoms with E-state index in [1.807, 2.05) is 0 Å². The molecule has 0 saturated carbocycles. The third-order valence-electron chi connectivity index (χ3n) is 2.38. The fourth-order valence-electron chi connectivity index (χ4n) is 1.63. The molecule has 3 rings (SSSR count). The summed E-state index contributed by atoms with van der Waals surface area (Å²) >= 11 is 0. The number of rotatable bonds is 1. The lowest BCUT2D eigenvalue weighted by molar-refractivity contribution is 0.562. The molecular formula is C11H6F2N4. The van der Waals surface area contributed by atoms with Crippen LogP contribution < -0.4 is 0 Å². The highest BCUT2D eigenvalue weighted by Crippen LogP contribution is 2.20. The lowest BCUT2D eigenvalue weighted by Crippen LogP contribution is -2.03. The number of aromatic nitrogens is 4. The van der Waals surface area contributed by atoms with Crippen LogP contribution in [-0.4, -0.2) is 19.7 Å². The summed E-state index contributed by atoms with van der Waals surface area (Å²) in [7, 11) is 0. The average molecular weight is 232 g/mol. The van der Waals surface area contributed by atoms with Gasteiger partial charge in [0.25, 0.3) is 0 Å². The molecule has 4 nitrogen and oxygen atoms in total. The lowest BCUT2D eigenvalue weighted by atomic mass is 10.3. The van der Waals surface area contributed by atoms with Gasteiger partial charge in [0.05, 0.1) is 11.6 Å². The summed E-state index contributed by atoms with van der Waals surface area (Å²) in [4.78, 5) is 7.77. The van der Waals surface area contributed by atoms with Crippen molar-refractivity contribution in [2.75, 3.05) is 0 Å². The standard InChI is InChI=1S/C11H6F2N4/c12-8-2-1-3-9(13)10(8)17-11-7(5-16-17)4-14-6-15-11/h1-6H. The molecule has 0 fully saturated rings. The minimum Gasteiger partial charge on any atom is -0.244 e.